The summed E-state index contributed by atoms with van der Waals surface area (Å²) >= 11 is 5.25. The van der Waals surface area contributed by atoms with E-state index < -0.39 is 33.7 Å². The van der Waals surface area contributed by atoms with Crippen molar-refractivity contribution in [3.63, 3.8) is 0 Å². The molecule has 80 valence electrons. The lowest BCUT2D eigenvalue weighted by Gasteiger charge is -2.03. The first-order chi connectivity index (χ1) is 6.99. The first-order valence-electron chi connectivity index (χ1n) is 4.01. The van der Waals surface area contributed by atoms with E-state index in [1.165, 1.54) is 13.0 Å². The van der Waals surface area contributed by atoms with Crippen LogP contribution >= 0.6 is 11.6 Å². The highest BCUT2D eigenvalue weighted by molar-refractivity contribution is 6.31. The van der Waals surface area contributed by atoms with Crippen molar-refractivity contribution in [1.82, 2.24) is 0 Å². The van der Waals surface area contributed by atoms with Gasteiger partial charge in [-0.15, -0.1) is 11.6 Å². The average molecular weight is 232 g/mol. The van der Waals surface area contributed by atoms with Crippen LogP contribution in [0.3, 0.4) is 0 Å². The molecule has 0 radical (unpaired) electrons. The standard InChI is InChI=1S/C9H7ClFNO3/c1-5-2-3-6(11)8(7(13)4-10)9(5)12(14)15/h2-3H,4H2,1H3. The molecule has 0 saturated heterocycles. The third kappa shape index (κ3) is 2.12. The zero-order valence-corrected chi connectivity index (χ0v) is 8.55. The van der Waals surface area contributed by atoms with Crippen LogP contribution in [0.5, 0.6) is 0 Å². The zero-order valence-electron chi connectivity index (χ0n) is 7.79. The molecule has 15 heavy (non-hydrogen) atoms. The monoisotopic (exact) mass is 231 g/mol. The van der Waals surface area contributed by atoms with Gasteiger partial charge in [-0.1, -0.05) is 0 Å². The van der Waals surface area contributed by atoms with Gasteiger partial charge in [0.05, 0.1) is 10.8 Å². The third-order valence-electron chi connectivity index (χ3n) is 1.91. The van der Waals surface area contributed by atoms with Crippen LogP contribution < -0.4 is 0 Å². The number of halogens is 2. The minimum Gasteiger partial charge on any atom is -0.292 e. The third-order valence-corrected chi connectivity index (χ3v) is 2.15. The van der Waals surface area contributed by atoms with E-state index >= 15 is 0 Å². The van der Waals surface area contributed by atoms with Crippen LogP contribution in [-0.2, 0) is 0 Å². The maximum absolute atomic E-state index is 13.2. The van der Waals surface area contributed by atoms with Crippen LogP contribution in [0, 0.1) is 22.9 Å². The number of carbonyl (C=O) groups excluding carboxylic acids is 1. The van der Waals surface area contributed by atoms with Gasteiger partial charge >= 0.3 is 0 Å². The molecule has 0 aliphatic rings. The maximum atomic E-state index is 13.2. The summed E-state index contributed by atoms with van der Waals surface area (Å²) in [4.78, 5) is 21.1. The maximum Gasteiger partial charge on any atom is 0.286 e. The smallest absolute Gasteiger partial charge is 0.286 e. The minimum atomic E-state index is -0.919. The molecule has 0 aliphatic carbocycles. The number of alkyl halides is 1. The molecule has 0 spiro atoms. The van der Waals surface area contributed by atoms with Crippen LogP contribution in [0.4, 0.5) is 10.1 Å². The molecule has 0 aliphatic heterocycles. The second kappa shape index (κ2) is 4.35. The molecule has 1 aromatic carbocycles. The number of aryl methyl sites for hydroxylation is 1. The van der Waals surface area contributed by atoms with E-state index in [0.29, 0.717) is 0 Å². The molecule has 0 amide bonds. The molecule has 0 unspecified atom stereocenters. The van der Waals surface area contributed by atoms with Crippen molar-refractivity contribution >= 4 is 23.1 Å². The predicted molar refractivity (Wildman–Crippen MR) is 52.8 cm³/mol. The van der Waals surface area contributed by atoms with E-state index in [1.807, 2.05) is 0 Å². The molecule has 0 aromatic heterocycles. The Morgan fingerprint density at radius 2 is 2.20 bits per heavy atom. The first kappa shape index (κ1) is 11.6. The second-order valence-corrected chi connectivity index (χ2v) is 3.17. The van der Waals surface area contributed by atoms with Crippen LogP contribution in [0.1, 0.15) is 15.9 Å². The van der Waals surface area contributed by atoms with E-state index in [4.69, 9.17) is 11.6 Å². The lowest BCUT2D eigenvalue weighted by atomic mass is 10.0. The van der Waals surface area contributed by atoms with Gasteiger partial charge in [0.15, 0.2) is 5.78 Å². The Morgan fingerprint density at radius 1 is 1.60 bits per heavy atom. The topological polar surface area (TPSA) is 60.2 Å². The van der Waals surface area contributed by atoms with Crippen molar-refractivity contribution in [1.29, 1.82) is 0 Å². The Balaban J connectivity index is 3.52. The summed E-state index contributed by atoms with van der Waals surface area (Å²) < 4.78 is 13.2. The molecule has 0 bridgehead atoms. The average Bonchev–Trinajstić information content (AvgIpc) is 2.19. The number of nitrogens with zero attached hydrogens (tertiary/aromatic N) is 1. The summed E-state index contributed by atoms with van der Waals surface area (Å²) in [6.07, 6.45) is 0. The Labute approximate surface area is 89.8 Å². The molecule has 0 fully saturated rings. The molecule has 0 heterocycles. The molecule has 0 saturated carbocycles. The van der Waals surface area contributed by atoms with Crippen molar-refractivity contribution in [2.24, 2.45) is 0 Å². The fraction of sp³-hybridized carbons (Fsp3) is 0.222. The van der Waals surface area contributed by atoms with Gasteiger partial charge in [-0.2, -0.15) is 0 Å². The number of ketones is 1. The molecular weight excluding hydrogens is 225 g/mol. The van der Waals surface area contributed by atoms with Crippen LogP contribution in [0.25, 0.3) is 0 Å². The first-order valence-corrected chi connectivity index (χ1v) is 4.55. The number of hydrogen-bond acceptors (Lipinski definition) is 3. The fourth-order valence-corrected chi connectivity index (χ4v) is 1.37. The Morgan fingerprint density at radius 3 is 2.67 bits per heavy atom. The summed E-state index contributed by atoms with van der Waals surface area (Å²) in [5, 5.41) is 10.7. The van der Waals surface area contributed by atoms with Gasteiger partial charge in [-0.3, -0.25) is 14.9 Å². The number of nitro benzene ring substituents is 1. The van der Waals surface area contributed by atoms with E-state index in [9.17, 15) is 19.3 Å². The lowest BCUT2D eigenvalue weighted by Crippen LogP contribution is -2.09. The molecule has 6 heteroatoms. The van der Waals surface area contributed by atoms with E-state index in [1.54, 1.807) is 0 Å². The van der Waals surface area contributed by atoms with Gasteiger partial charge in [-0.05, 0) is 19.1 Å². The van der Waals surface area contributed by atoms with Crippen molar-refractivity contribution in [2.45, 2.75) is 6.92 Å². The number of hydrogen-bond donors (Lipinski definition) is 0. The van der Waals surface area contributed by atoms with Crippen LogP contribution in [0.2, 0.25) is 0 Å². The SMILES string of the molecule is Cc1ccc(F)c(C(=O)CCl)c1[N+](=O)[O-]. The summed E-state index contributed by atoms with van der Waals surface area (Å²) in [5.41, 5.74) is -0.828. The Hall–Kier alpha value is -1.49. The molecule has 0 N–H and O–H groups in total. The molecule has 0 atom stereocenters. The Kier molecular flexibility index (Phi) is 3.36. The lowest BCUT2D eigenvalue weighted by molar-refractivity contribution is -0.385. The summed E-state index contributed by atoms with van der Waals surface area (Å²) in [6, 6.07) is 2.26. The molecular formula is C9H7ClFNO3. The number of rotatable bonds is 3. The summed E-state index contributed by atoms with van der Waals surface area (Å²) in [7, 11) is 0. The van der Waals surface area contributed by atoms with Gasteiger partial charge in [0.2, 0.25) is 0 Å². The zero-order chi connectivity index (χ0) is 11.6. The van der Waals surface area contributed by atoms with Gasteiger partial charge in [0.1, 0.15) is 11.4 Å². The van der Waals surface area contributed by atoms with Gasteiger partial charge in [-0.25, -0.2) is 4.39 Å². The van der Waals surface area contributed by atoms with Crippen molar-refractivity contribution < 1.29 is 14.1 Å². The highest BCUT2D eigenvalue weighted by Gasteiger charge is 2.26. The van der Waals surface area contributed by atoms with Gasteiger partial charge in [0.25, 0.3) is 5.69 Å². The van der Waals surface area contributed by atoms with E-state index in [2.05, 4.69) is 0 Å². The second-order valence-electron chi connectivity index (χ2n) is 2.90. The number of nitro groups is 1. The minimum absolute atomic E-state index is 0.231. The number of Topliss-reactive ketones (excluding diaryl/α,β-unsaturated/α-hetero) is 1. The number of benzene rings is 1. The van der Waals surface area contributed by atoms with Crippen molar-refractivity contribution in [2.75, 3.05) is 5.88 Å². The fourth-order valence-electron chi connectivity index (χ4n) is 1.24. The van der Waals surface area contributed by atoms with E-state index in [0.717, 1.165) is 6.07 Å². The normalized spacial score (nSPS) is 10.1. The number of carbonyl (C=O) groups is 1. The van der Waals surface area contributed by atoms with Crippen LogP contribution in [-0.4, -0.2) is 16.6 Å². The largest absolute Gasteiger partial charge is 0.292 e. The van der Waals surface area contributed by atoms with E-state index in [-0.39, 0.29) is 5.56 Å². The van der Waals surface area contributed by atoms with Gasteiger partial charge in [0, 0.05) is 5.56 Å². The summed E-state index contributed by atoms with van der Waals surface area (Å²) in [6.45, 7) is 1.43. The molecule has 4 nitrogen and oxygen atoms in total. The highest BCUT2D eigenvalue weighted by atomic mass is 35.5. The van der Waals surface area contributed by atoms with Gasteiger partial charge < -0.3 is 0 Å². The predicted octanol–water partition coefficient (Wildman–Crippen LogP) is 2.46. The quantitative estimate of drug-likeness (QED) is 0.347. The Bertz CT molecular complexity index is 434. The van der Waals surface area contributed by atoms with Crippen molar-refractivity contribution in [3.8, 4) is 0 Å². The molecule has 1 aromatic rings. The van der Waals surface area contributed by atoms with Crippen molar-refractivity contribution in [3.05, 3.63) is 39.2 Å². The molecule has 1 rings (SSSR count). The highest BCUT2D eigenvalue weighted by Crippen LogP contribution is 2.26. The van der Waals surface area contributed by atoms with Crippen LogP contribution in [0.15, 0.2) is 12.1 Å². The summed E-state index contributed by atoms with van der Waals surface area (Å²) in [5.74, 6) is -2.19.